The molecule has 0 aliphatic rings. The van der Waals surface area contributed by atoms with Gasteiger partial charge in [0.2, 0.25) is 6.54 Å². The van der Waals surface area contributed by atoms with E-state index < -0.39 is 0 Å². The van der Waals surface area contributed by atoms with Crippen molar-refractivity contribution in [1.29, 1.82) is 0 Å². The summed E-state index contributed by atoms with van der Waals surface area (Å²) in [7, 11) is 1.48. The molecule has 0 saturated carbocycles. The number of benzene rings is 1. The minimum atomic E-state index is -0.221. The number of rotatable bonds is 5. The van der Waals surface area contributed by atoms with Crippen LogP contribution in [-0.4, -0.2) is 23.8 Å². The van der Waals surface area contributed by atoms with E-state index in [9.17, 15) is 9.90 Å². The van der Waals surface area contributed by atoms with Crippen LogP contribution in [0.15, 0.2) is 53.9 Å². The fraction of sp³-hybridized carbons (Fsp3) is 0.188. The highest BCUT2D eigenvalue weighted by molar-refractivity contribution is 5.99. The highest BCUT2D eigenvalue weighted by Crippen LogP contribution is 2.26. The molecule has 0 bridgehead atoms. The fourth-order valence-corrected chi connectivity index (χ4v) is 1.85. The van der Waals surface area contributed by atoms with Gasteiger partial charge >= 0.3 is 5.91 Å². The standard InChI is InChI=1S/C16H17N3O3.ClH/c1-12(13-6-7-14(20)15(10-13)22-2)17-18-16(21)11-19-8-4-3-5-9-19;/h3-10H,11H2,1-2H3,(H-,17,18,20,21);1H. The summed E-state index contributed by atoms with van der Waals surface area (Å²) >= 11 is 0. The Morgan fingerprint density at radius 1 is 1.30 bits per heavy atom. The van der Waals surface area contributed by atoms with E-state index in [1.807, 2.05) is 18.2 Å². The van der Waals surface area contributed by atoms with Gasteiger partial charge < -0.3 is 22.3 Å². The van der Waals surface area contributed by atoms with Crippen molar-refractivity contribution < 1.29 is 31.6 Å². The Bertz CT molecular complexity index is 690. The van der Waals surface area contributed by atoms with Gasteiger partial charge in [-0.25, -0.2) is 5.43 Å². The lowest BCUT2D eigenvalue weighted by molar-refractivity contribution is -0.684. The van der Waals surface area contributed by atoms with Crippen LogP contribution in [0.4, 0.5) is 0 Å². The minimum absolute atomic E-state index is 0. The first-order valence-corrected chi connectivity index (χ1v) is 6.74. The molecule has 0 saturated heterocycles. The second kappa shape index (κ2) is 8.75. The highest BCUT2D eigenvalue weighted by atomic mass is 35.5. The predicted molar refractivity (Wildman–Crippen MR) is 81.6 cm³/mol. The molecule has 7 heteroatoms. The number of ether oxygens (including phenoxy) is 1. The quantitative estimate of drug-likeness (QED) is 0.386. The number of phenolic OH excluding ortho intramolecular Hbond substituents is 1. The van der Waals surface area contributed by atoms with Crippen molar-refractivity contribution in [2.45, 2.75) is 13.5 Å². The van der Waals surface area contributed by atoms with Crippen molar-refractivity contribution in [3.05, 3.63) is 54.4 Å². The number of hydrazone groups is 1. The van der Waals surface area contributed by atoms with Crippen LogP contribution in [0.3, 0.4) is 0 Å². The molecule has 0 spiro atoms. The van der Waals surface area contributed by atoms with Crippen LogP contribution in [-0.2, 0) is 11.3 Å². The van der Waals surface area contributed by atoms with Crippen molar-refractivity contribution in [3.63, 3.8) is 0 Å². The van der Waals surface area contributed by atoms with Crippen LogP contribution < -0.4 is 27.1 Å². The number of methoxy groups -OCH3 is 1. The van der Waals surface area contributed by atoms with Gasteiger partial charge in [0.25, 0.3) is 0 Å². The second-order valence-electron chi connectivity index (χ2n) is 4.67. The predicted octanol–water partition coefficient (Wildman–Crippen LogP) is -1.77. The molecule has 0 aliphatic carbocycles. The number of nitrogens with one attached hydrogen (secondary N) is 1. The van der Waals surface area contributed by atoms with Gasteiger partial charge in [-0.05, 0) is 25.1 Å². The summed E-state index contributed by atoms with van der Waals surface area (Å²) in [5, 5.41) is 13.6. The lowest BCUT2D eigenvalue weighted by Gasteiger charge is -2.06. The molecule has 0 aliphatic heterocycles. The molecule has 2 rings (SSSR count). The molecule has 1 heterocycles. The maximum atomic E-state index is 11.8. The molecule has 23 heavy (non-hydrogen) atoms. The zero-order valence-corrected chi connectivity index (χ0v) is 13.6. The van der Waals surface area contributed by atoms with Crippen LogP contribution in [0.1, 0.15) is 12.5 Å². The Balaban J connectivity index is 0.00000264. The number of carbonyl (C=O) groups is 1. The Kier molecular flexibility index (Phi) is 7.02. The minimum Gasteiger partial charge on any atom is -1.00 e. The number of aromatic hydroxyl groups is 1. The molecule has 122 valence electrons. The van der Waals surface area contributed by atoms with Gasteiger partial charge in [0, 0.05) is 17.7 Å². The maximum Gasteiger partial charge on any atom is 0.305 e. The Labute approximate surface area is 140 Å². The molecule has 2 aromatic rings. The van der Waals surface area contributed by atoms with Crippen molar-refractivity contribution in [2.75, 3.05) is 7.11 Å². The first-order chi connectivity index (χ1) is 10.6. The summed E-state index contributed by atoms with van der Waals surface area (Å²) in [4.78, 5) is 11.8. The van der Waals surface area contributed by atoms with Gasteiger partial charge in [0.1, 0.15) is 0 Å². The molecular formula is C16H18ClN3O3. The maximum absolute atomic E-state index is 11.8. The highest BCUT2D eigenvalue weighted by Gasteiger charge is 2.09. The fourth-order valence-electron chi connectivity index (χ4n) is 1.85. The summed E-state index contributed by atoms with van der Waals surface area (Å²) in [5.41, 5.74) is 3.87. The van der Waals surface area contributed by atoms with Gasteiger partial charge in [-0.2, -0.15) is 9.67 Å². The number of phenols is 1. The summed E-state index contributed by atoms with van der Waals surface area (Å²) in [6.07, 6.45) is 3.61. The number of hydrogen-bond donors (Lipinski definition) is 2. The van der Waals surface area contributed by atoms with E-state index in [4.69, 9.17) is 4.74 Å². The molecule has 0 atom stereocenters. The van der Waals surface area contributed by atoms with Crippen LogP contribution in [0.2, 0.25) is 0 Å². The van der Waals surface area contributed by atoms with Crippen molar-refractivity contribution in [3.8, 4) is 11.5 Å². The van der Waals surface area contributed by atoms with E-state index in [0.29, 0.717) is 11.5 Å². The summed E-state index contributed by atoms with van der Waals surface area (Å²) in [6.45, 7) is 1.96. The van der Waals surface area contributed by atoms with Crippen LogP contribution in [0, 0.1) is 0 Å². The summed E-state index contributed by atoms with van der Waals surface area (Å²) in [6, 6.07) is 10.5. The third-order valence-corrected chi connectivity index (χ3v) is 3.05. The third kappa shape index (κ3) is 5.27. The zero-order valence-electron chi connectivity index (χ0n) is 12.9. The van der Waals surface area contributed by atoms with E-state index in [2.05, 4.69) is 10.5 Å². The number of pyridine rings is 1. The molecule has 6 nitrogen and oxygen atoms in total. The van der Waals surface area contributed by atoms with E-state index in [1.165, 1.54) is 13.2 Å². The normalized spacial score (nSPS) is 10.6. The smallest absolute Gasteiger partial charge is 0.305 e. The van der Waals surface area contributed by atoms with Crippen molar-refractivity contribution in [1.82, 2.24) is 5.43 Å². The average Bonchev–Trinajstić information content (AvgIpc) is 2.54. The van der Waals surface area contributed by atoms with Gasteiger partial charge in [-0.15, -0.1) is 0 Å². The van der Waals surface area contributed by atoms with Gasteiger partial charge in [-0.3, -0.25) is 4.79 Å². The molecule has 0 fully saturated rings. The lowest BCUT2D eigenvalue weighted by atomic mass is 10.1. The van der Waals surface area contributed by atoms with Gasteiger partial charge in [0.05, 0.1) is 12.8 Å². The molecule has 0 unspecified atom stereocenters. The summed E-state index contributed by atoms with van der Waals surface area (Å²) in [5.74, 6) is 0.197. The SMILES string of the molecule is COc1cc(/C(C)=N\NC(=O)C[n+]2ccccc2)ccc1O.[Cl-]. The monoisotopic (exact) mass is 335 g/mol. The largest absolute Gasteiger partial charge is 1.00 e. The van der Waals surface area contributed by atoms with Gasteiger partial charge in [-0.1, -0.05) is 6.07 Å². The van der Waals surface area contributed by atoms with Crippen LogP contribution in [0.5, 0.6) is 11.5 Å². The molecular weight excluding hydrogens is 318 g/mol. The van der Waals surface area contributed by atoms with E-state index in [-0.39, 0.29) is 30.6 Å². The van der Waals surface area contributed by atoms with Crippen LogP contribution >= 0.6 is 0 Å². The number of carbonyl (C=O) groups excluding carboxylic acids is 1. The van der Waals surface area contributed by atoms with E-state index in [1.54, 1.807) is 36.0 Å². The zero-order chi connectivity index (χ0) is 15.9. The Hall–Kier alpha value is -2.60. The molecule has 1 amide bonds. The van der Waals surface area contributed by atoms with Crippen LogP contribution in [0.25, 0.3) is 0 Å². The average molecular weight is 336 g/mol. The van der Waals surface area contributed by atoms with E-state index >= 15 is 0 Å². The lowest BCUT2D eigenvalue weighted by Crippen LogP contribution is -3.00. The van der Waals surface area contributed by atoms with Crippen molar-refractivity contribution >= 4 is 11.6 Å². The Morgan fingerprint density at radius 3 is 2.65 bits per heavy atom. The topological polar surface area (TPSA) is 74.8 Å². The number of aromatic nitrogens is 1. The first kappa shape index (κ1) is 18.4. The second-order valence-corrected chi connectivity index (χ2v) is 4.67. The Morgan fingerprint density at radius 2 is 2.00 bits per heavy atom. The van der Waals surface area contributed by atoms with E-state index in [0.717, 1.165) is 5.56 Å². The first-order valence-electron chi connectivity index (χ1n) is 6.74. The molecule has 1 aromatic heterocycles. The molecule has 0 radical (unpaired) electrons. The number of halogens is 1. The number of hydrogen-bond acceptors (Lipinski definition) is 4. The third-order valence-electron chi connectivity index (χ3n) is 3.05. The van der Waals surface area contributed by atoms with Crippen molar-refractivity contribution in [2.24, 2.45) is 5.10 Å². The number of nitrogens with zero attached hydrogens (tertiary/aromatic N) is 2. The van der Waals surface area contributed by atoms with Gasteiger partial charge in [0.15, 0.2) is 23.9 Å². The summed E-state index contributed by atoms with van der Waals surface area (Å²) < 4.78 is 6.80. The number of amides is 1. The molecule has 2 N–H and O–H groups in total. The molecule has 1 aromatic carbocycles.